The van der Waals surface area contributed by atoms with Gasteiger partial charge in [0, 0.05) is 55.6 Å². The Labute approximate surface area is 392 Å². The highest BCUT2D eigenvalue weighted by molar-refractivity contribution is 5.51. The molecule has 6 aromatic carbocycles. The van der Waals surface area contributed by atoms with E-state index in [-0.39, 0.29) is 0 Å². The van der Waals surface area contributed by atoms with Gasteiger partial charge in [0.25, 0.3) is 0 Å². The van der Waals surface area contributed by atoms with E-state index in [1.807, 2.05) is 218 Å². The SMILES string of the molecule is CC.CC.CC.CC.CC.CC.CC#Cc1ccc(C#Cc2ccc(C#Cc3ccc(C#CC)cc3)cc2)cc1.Cc1ccc(C#Cc2ccc(C#Cc3ccc(C)cc3)cc2)cc1. The van der Waals surface area contributed by atoms with E-state index in [0.717, 1.165) is 55.6 Å². The lowest BCUT2D eigenvalue weighted by atomic mass is 10.1. The maximum atomic E-state index is 3.19. The van der Waals surface area contributed by atoms with Crippen LogP contribution in [-0.4, -0.2) is 0 Å². The van der Waals surface area contributed by atoms with Crippen LogP contribution in [0.1, 0.15) is 164 Å². The van der Waals surface area contributed by atoms with E-state index in [4.69, 9.17) is 0 Å². The Morgan fingerprint density at radius 1 is 0.188 bits per heavy atom. The second kappa shape index (κ2) is 39.8. The van der Waals surface area contributed by atoms with Gasteiger partial charge in [-0.3, -0.25) is 0 Å². The molecule has 0 heteroatoms. The van der Waals surface area contributed by atoms with Crippen LogP contribution in [0, 0.1) is 84.9 Å². The van der Waals surface area contributed by atoms with Crippen LogP contribution in [0.15, 0.2) is 146 Å². The minimum absolute atomic E-state index is 0.963. The molecule has 0 atom stereocenters. The fourth-order valence-electron chi connectivity index (χ4n) is 4.69. The minimum Gasteiger partial charge on any atom is -0.101 e. The van der Waals surface area contributed by atoms with Crippen molar-refractivity contribution in [3.8, 4) is 71.0 Å². The molecule has 0 radical (unpaired) electrons. The zero-order valence-electron chi connectivity index (χ0n) is 41.9. The summed E-state index contributed by atoms with van der Waals surface area (Å²) in [5.74, 6) is 37.3. The summed E-state index contributed by atoms with van der Waals surface area (Å²) >= 11 is 0. The van der Waals surface area contributed by atoms with Crippen LogP contribution in [0.5, 0.6) is 0 Å². The van der Waals surface area contributed by atoms with Crippen molar-refractivity contribution in [2.75, 3.05) is 0 Å². The normalized spacial score (nSPS) is 7.88. The maximum Gasteiger partial charge on any atom is 0.0249 e. The monoisotopic (exact) mass is 841 g/mol. The molecule has 0 N–H and O–H groups in total. The van der Waals surface area contributed by atoms with Crippen LogP contribution < -0.4 is 0 Å². The molecule has 0 saturated heterocycles. The van der Waals surface area contributed by atoms with Crippen molar-refractivity contribution in [1.82, 2.24) is 0 Å². The maximum absolute atomic E-state index is 3.19. The first-order valence-electron chi connectivity index (χ1n) is 22.9. The Bertz CT molecular complexity index is 2310. The van der Waals surface area contributed by atoms with Crippen molar-refractivity contribution < 1.29 is 0 Å². The van der Waals surface area contributed by atoms with Gasteiger partial charge in [-0.1, -0.05) is 178 Å². The number of hydrogen-bond acceptors (Lipinski definition) is 0. The zero-order valence-corrected chi connectivity index (χ0v) is 41.9. The van der Waals surface area contributed by atoms with Gasteiger partial charge >= 0.3 is 0 Å². The van der Waals surface area contributed by atoms with Crippen molar-refractivity contribution in [2.45, 2.75) is 111 Å². The molecule has 0 bridgehead atoms. The standard InChI is InChI=1S/C28H18.C24H18.6C2H6/c1-3-5-23-7-11-25(12-8-23)15-17-27-19-21-28(22-20-27)18-16-26-13-9-24(6-4-2)10-14-26;1-19-3-7-21(8-4-19)11-13-23-15-17-24(18-16-23)14-12-22-9-5-20(2)6-10-22;6*1-2/h7-14,19-22H,1-2H3;3-10,15-18H,1-2H3;6*1-2H3. The average molecular weight is 841 g/mol. The van der Waals surface area contributed by atoms with E-state index >= 15 is 0 Å². The second-order valence-electron chi connectivity index (χ2n) is 11.8. The van der Waals surface area contributed by atoms with Crippen LogP contribution in [0.3, 0.4) is 0 Å². The molecule has 0 spiro atoms. The lowest BCUT2D eigenvalue weighted by molar-refractivity contribution is 1.46. The third-order valence-electron chi connectivity index (χ3n) is 7.59. The van der Waals surface area contributed by atoms with Gasteiger partial charge < -0.3 is 0 Å². The van der Waals surface area contributed by atoms with E-state index in [1.54, 1.807) is 0 Å². The lowest BCUT2D eigenvalue weighted by Crippen LogP contribution is -1.80. The van der Waals surface area contributed by atoms with Gasteiger partial charge in [0.2, 0.25) is 0 Å². The molecule has 0 saturated carbocycles. The summed E-state index contributed by atoms with van der Waals surface area (Å²) in [7, 11) is 0. The van der Waals surface area contributed by atoms with Crippen molar-refractivity contribution in [2.24, 2.45) is 0 Å². The van der Waals surface area contributed by atoms with Crippen LogP contribution in [-0.2, 0) is 0 Å². The summed E-state index contributed by atoms with van der Waals surface area (Å²) in [4.78, 5) is 0. The van der Waals surface area contributed by atoms with Gasteiger partial charge in [-0.05, 0) is 149 Å². The quantitative estimate of drug-likeness (QED) is 0.134. The largest absolute Gasteiger partial charge is 0.101 e. The molecule has 6 rings (SSSR count). The van der Waals surface area contributed by atoms with Gasteiger partial charge in [-0.25, -0.2) is 0 Å². The molecule has 0 aliphatic heterocycles. The molecule has 0 heterocycles. The molecule has 0 unspecified atom stereocenters. The van der Waals surface area contributed by atoms with Gasteiger partial charge in [-0.15, -0.1) is 11.8 Å². The fourth-order valence-corrected chi connectivity index (χ4v) is 4.69. The summed E-state index contributed by atoms with van der Waals surface area (Å²) < 4.78 is 0. The van der Waals surface area contributed by atoms with E-state index in [0.29, 0.717) is 0 Å². The van der Waals surface area contributed by atoms with Gasteiger partial charge in [0.05, 0.1) is 0 Å². The van der Waals surface area contributed by atoms with Gasteiger partial charge in [-0.2, -0.15) is 0 Å². The number of rotatable bonds is 0. The van der Waals surface area contributed by atoms with Crippen LogP contribution >= 0.6 is 0 Å². The Morgan fingerprint density at radius 3 is 0.422 bits per heavy atom. The first-order chi connectivity index (χ1) is 31.4. The van der Waals surface area contributed by atoms with E-state index in [9.17, 15) is 0 Å². The summed E-state index contributed by atoms with van der Waals surface area (Å²) in [6.45, 7) is 31.8. The van der Waals surface area contributed by atoms with Crippen molar-refractivity contribution >= 4 is 0 Å². The number of benzene rings is 6. The molecule has 0 fully saturated rings. The van der Waals surface area contributed by atoms with E-state index in [2.05, 4.69) is 109 Å². The van der Waals surface area contributed by atoms with Gasteiger partial charge in [0.15, 0.2) is 0 Å². The Kier molecular flexibility index (Phi) is 36.5. The minimum atomic E-state index is 0.963. The lowest BCUT2D eigenvalue weighted by Gasteiger charge is -1.94. The zero-order chi connectivity index (χ0) is 48.4. The molecule has 0 aromatic heterocycles. The van der Waals surface area contributed by atoms with Crippen molar-refractivity contribution in [3.63, 3.8) is 0 Å². The summed E-state index contributed by atoms with van der Waals surface area (Å²) in [5, 5.41) is 0. The third kappa shape index (κ3) is 25.5. The molecular formula is C64H72. The predicted molar refractivity (Wildman–Crippen MR) is 285 cm³/mol. The predicted octanol–water partition coefficient (Wildman–Crippen LogP) is 16.5. The highest BCUT2D eigenvalue weighted by atomic mass is 14.0. The second-order valence-corrected chi connectivity index (χ2v) is 11.8. The molecule has 0 nitrogen and oxygen atoms in total. The average Bonchev–Trinajstić information content (AvgIpc) is 3.38. The highest BCUT2D eigenvalue weighted by Gasteiger charge is 1.94. The fraction of sp³-hybridized carbons (Fsp3) is 0.250. The Hall–Kier alpha value is -7.32. The smallest absolute Gasteiger partial charge is 0.0249 e. The Morgan fingerprint density at radius 2 is 0.297 bits per heavy atom. The summed E-state index contributed by atoms with van der Waals surface area (Å²) in [5.41, 5.74) is 12.4. The molecule has 0 amide bonds. The van der Waals surface area contributed by atoms with Crippen LogP contribution in [0.2, 0.25) is 0 Å². The topological polar surface area (TPSA) is 0 Å². The molecule has 0 aliphatic carbocycles. The molecule has 64 heavy (non-hydrogen) atoms. The number of hydrogen-bond donors (Lipinski definition) is 0. The van der Waals surface area contributed by atoms with E-state index < -0.39 is 0 Å². The van der Waals surface area contributed by atoms with E-state index in [1.165, 1.54) is 11.1 Å². The van der Waals surface area contributed by atoms with Gasteiger partial charge in [0.1, 0.15) is 0 Å². The first-order valence-corrected chi connectivity index (χ1v) is 22.9. The Balaban J connectivity index is 0. The molecular weight excluding hydrogens is 769 g/mol. The first kappa shape index (κ1) is 58.8. The highest BCUT2D eigenvalue weighted by Crippen LogP contribution is 2.08. The molecule has 6 aromatic rings. The molecule has 0 aliphatic rings. The third-order valence-corrected chi connectivity index (χ3v) is 7.59. The summed E-state index contributed by atoms with van der Waals surface area (Å²) in [6.07, 6.45) is 0. The van der Waals surface area contributed by atoms with Crippen molar-refractivity contribution in [1.29, 1.82) is 0 Å². The van der Waals surface area contributed by atoms with Crippen LogP contribution in [0.25, 0.3) is 0 Å². The number of aryl methyl sites for hydroxylation is 2. The van der Waals surface area contributed by atoms with Crippen molar-refractivity contribution in [3.05, 3.63) is 212 Å². The van der Waals surface area contributed by atoms with Crippen LogP contribution in [0.4, 0.5) is 0 Å². The molecule has 328 valence electrons. The summed E-state index contributed by atoms with van der Waals surface area (Å²) in [6, 6.07) is 48.4.